The third-order valence-corrected chi connectivity index (χ3v) is 2.68. The van der Waals surface area contributed by atoms with Crippen molar-refractivity contribution in [1.29, 1.82) is 0 Å². The number of non-ortho nitro benzene ring substituents is 1. The molecule has 2 N–H and O–H groups in total. The topological polar surface area (TPSA) is 112 Å². The second-order valence-electron chi connectivity index (χ2n) is 3.84. The normalized spacial score (nSPS) is 10.7. The van der Waals surface area contributed by atoms with Gasteiger partial charge >= 0.3 is 0 Å². The van der Waals surface area contributed by atoms with Crippen molar-refractivity contribution in [3.63, 3.8) is 0 Å². The average molecular weight is 256 g/mol. The largest absolute Gasteiger partial charge is 0.398 e. The summed E-state index contributed by atoms with van der Waals surface area (Å²) in [6.45, 7) is 0. The number of rotatable bonds is 2. The lowest BCUT2D eigenvalue weighted by Gasteiger charge is -2.03. The standard InChI is InChI=1S/C11H8N6O2/c12-9-3-2-7(17(18)19)6-8(9)10-14-15-11-13-4-1-5-16(10)11/h1-6H,12H2. The Kier molecular flexibility index (Phi) is 2.34. The molecule has 3 rings (SSSR count). The summed E-state index contributed by atoms with van der Waals surface area (Å²) < 4.78 is 1.62. The Labute approximate surface area is 106 Å². The highest BCUT2D eigenvalue weighted by Gasteiger charge is 2.15. The molecule has 94 valence electrons. The van der Waals surface area contributed by atoms with E-state index in [9.17, 15) is 10.1 Å². The summed E-state index contributed by atoms with van der Waals surface area (Å²) in [4.78, 5) is 14.4. The van der Waals surface area contributed by atoms with Gasteiger partial charge in [-0.2, -0.15) is 0 Å². The number of benzene rings is 1. The van der Waals surface area contributed by atoms with E-state index in [2.05, 4.69) is 15.2 Å². The minimum Gasteiger partial charge on any atom is -0.398 e. The highest BCUT2D eigenvalue weighted by Crippen LogP contribution is 2.28. The molecule has 3 aromatic rings. The molecule has 0 spiro atoms. The number of hydrogen-bond donors (Lipinski definition) is 1. The zero-order valence-electron chi connectivity index (χ0n) is 9.59. The molecule has 8 heteroatoms. The molecule has 8 nitrogen and oxygen atoms in total. The predicted octanol–water partition coefficient (Wildman–Crippen LogP) is 1.28. The molecular formula is C11H8N6O2. The number of anilines is 1. The van der Waals surface area contributed by atoms with Gasteiger partial charge in [-0.1, -0.05) is 0 Å². The van der Waals surface area contributed by atoms with E-state index < -0.39 is 4.92 Å². The van der Waals surface area contributed by atoms with Crippen LogP contribution < -0.4 is 5.73 Å². The second-order valence-corrected chi connectivity index (χ2v) is 3.84. The van der Waals surface area contributed by atoms with Gasteiger partial charge in [0.15, 0.2) is 5.82 Å². The summed E-state index contributed by atoms with van der Waals surface area (Å²) in [6, 6.07) is 5.91. The molecular weight excluding hydrogens is 248 g/mol. The highest BCUT2D eigenvalue weighted by atomic mass is 16.6. The van der Waals surface area contributed by atoms with E-state index in [0.717, 1.165) is 0 Å². The van der Waals surface area contributed by atoms with Gasteiger partial charge in [0.25, 0.3) is 11.5 Å². The van der Waals surface area contributed by atoms with Crippen LogP contribution in [-0.4, -0.2) is 24.5 Å². The molecule has 0 unspecified atom stereocenters. The van der Waals surface area contributed by atoms with Crippen molar-refractivity contribution in [2.24, 2.45) is 0 Å². The van der Waals surface area contributed by atoms with Crippen molar-refractivity contribution < 1.29 is 4.92 Å². The number of aromatic nitrogens is 4. The monoisotopic (exact) mass is 256 g/mol. The number of nitro benzene ring substituents is 1. The van der Waals surface area contributed by atoms with Crippen molar-refractivity contribution in [2.75, 3.05) is 5.73 Å². The molecule has 19 heavy (non-hydrogen) atoms. The van der Waals surface area contributed by atoms with E-state index in [0.29, 0.717) is 22.9 Å². The van der Waals surface area contributed by atoms with Gasteiger partial charge in [-0.05, 0) is 12.1 Å². The van der Waals surface area contributed by atoms with Crippen LogP contribution in [0.1, 0.15) is 0 Å². The first-order valence-electron chi connectivity index (χ1n) is 5.37. The second kappa shape index (κ2) is 4.02. The number of nitrogen functional groups attached to an aromatic ring is 1. The summed E-state index contributed by atoms with van der Waals surface area (Å²) in [5.74, 6) is 0.827. The van der Waals surface area contributed by atoms with Gasteiger partial charge in [0.1, 0.15) is 0 Å². The molecule has 2 aromatic heterocycles. The minimum atomic E-state index is -0.482. The lowest BCUT2D eigenvalue weighted by molar-refractivity contribution is -0.384. The fraction of sp³-hybridized carbons (Fsp3) is 0. The zero-order chi connectivity index (χ0) is 13.4. The van der Waals surface area contributed by atoms with Gasteiger partial charge in [0.05, 0.1) is 4.92 Å². The molecule has 0 bridgehead atoms. The van der Waals surface area contributed by atoms with E-state index in [-0.39, 0.29) is 5.69 Å². The zero-order valence-corrected chi connectivity index (χ0v) is 9.59. The maximum atomic E-state index is 10.8. The summed E-state index contributed by atoms with van der Waals surface area (Å²) in [5, 5.41) is 18.7. The van der Waals surface area contributed by atoms with Crippen molar-refractivity contribution >= 4 is 17.2 Å². The minimum absolute atomic E-state index is 0.0511. The number of nitro groups is 1. The average Bonchev–Trinajstić information content (AvgIpc) is 2.83. The first-order valence-corrected chi connectivity index (χ1v) is 5.37. The van der Waals surface area contributed by atoms with Crippen molar-refractivity contribution in [2.45, 2.75) is 0 Å². The number of hydrogen-bond acceptors (Lipinski definition) is 6. The Morgan fingerprint density at radius 2 is 2.16 bits per heavy atom. The van der Waals surface area contributed by atoms with Gasteiger partial charge in [-0.25, -0.2) is 4.98 Å². The molecule has 0 saturated carbocycles. The first kappa shape index (κ1) is 11.1. The summed E-state index contributed by atoms with van der Waals surface area (Å²) in [7, 11) is 0. The summed E-state index contributed by atoms with van der Waals surface area (Å²) in [5.41, 5.74) is 6.64. The van der Waals surface area contributed by atoms with E-state index in [4.69, 9.17) is 5.73 Å². The maximum Gasteiger partial charge on any atom is 0.270 e. The molecule has 1 aromatic carbocycles. The lowest BCUT2D eigenvalue weighted by Crippen LogP contribution is -1.97. The van der Waals surface area contributed by atoms with Gasteiger partial charge in [0.2, 0.25) is 0 Å². The van der Waals surface area contributed by atoms with Crippen LogP contribution in [0, 0.1) is 10.1 Å². The number of nitrogens with zero attached hydrogens (tertiary/aromatic N) is 5. The molecule has 0 aliphatic rings. The third-order valence-electron chi connectivity index (χ3n) is 2.68. The smallest absolute Gasteiger partial charge is 0.270 e. The van der Waals surface area contributed by atoms with Crippen LogP contribution >= 0.6 is 0 Å². The van der Waals surface area contributed by atoms with E-state index in [1.807, 2.05) is 0 Å². The van der Waals surface area contributed by atoms with Crippen LogP contribution in [0.2, 0.25) is 0 Å². The Balaban J connectivity index is 2.26. The van der Waals surface area contributed by atoms with Crippen LogP contribution in [-0.2, 0) is 0 Å². The highest BCUT2D eigenvalue weighted by molar-refractivity contribution is 5.75. The molecule has 0 aliphatic heterocycles. The Morgan fingerprint density at radius 1 is 1.32 bits per heavy atom. The fourth-order valence-electron chi connectivity index (χ4n) is 1.78. The molecule has 0 atom stereocenters. The van der Waals surface area contributed by atoms with Crippen molar-refractivity contribution in [3.8, 4) is 11.4 Å². The third kappa shape index (κ3) is 1.75. The van der Waals surface area contributed by atoms with Crippen LogP contribution in [0.25, 0.3) is 17.2 Å². The van der Waals surface area contributed by atoms with Crippen molar-refractivity contribution in [3.05, 3.63) is 46.8 Å². The SMILES string of the molecule is Nc1ccc([N+](=O)[O-])cc1-c1nnc2ncccn12. The predicted molar refractivity (Wildman–Crippen MR) is 67.3 cm³/mol. The molecule has 0 saturated heterocycles. The summed E-state index contributed by atoms with van der Waals surface area (Å²) >= 11 is 0. The molecule has 0 radical (unpaired) electrons. The maximum absolute atomic E-state index is 10.8. The number of nitrogens with two attached hydrogens (primary N) is 1. The molecule has 0 fully saturated rings. The number of fused-ring (bicyclic) bond motifs is 1. The van der Waals surface area contributed by atoms with Crippen LogP contribution in [0.5, 0.6) is 0 Å². The molecule has 0 aliphatic carbocycles. The Morgan fingerprint density at radius 3 is 2.95 bits per heavy atom. The van der Waals surface area contributed by atoms with E-state index >= 15 is 0 Å². The van der Waals surface area contributed by atoms with E-state index in [1.54, 1.807) is 22.9 Å². The molecule has 0 amide bonds. The first-order chi connectivity index (χ1) is 9.16. The van der Waals surface area contributed by atoms with Crippen LogP contribution in [0.4, 0.5) is 11.4 Å². The van der Waals surface area contributed by atoms with Crippen molar-refractivity contribution in [1.82, 2.24) is 19.6 Å². The fourth-order valence-corrected chi connectivity index (χ4v) is 1.78. The van der Waals surface area contributed by atoms with Crippen LogP contribution in [0.15, 0.2) is 36.7 Å². The molecule has 2 heterocycles. The quantitative estimate of drug-likeness (QED) is 0.420. The van der Waals surface area contributed by atoms with E-state index in [1.165, 1.54) is 18.2 Å². The summed E-state index contributed by atoms with van der Waals surface area (Å²) in [6.07, 6.45) is 3.31. The van der Waals surface area contributed by atoms with Gasteiger partial charge in [-0.3, -0.25) is 14.5 Å². The lowest BCUT2D eigenvalue weighted by atomic mass is 10.1. The van der Waals surface area contributed by atoms with Gasteiger partial charge < -0.3 is 5.73 Å². The Bertz CT molecular complexity index is 782. The van der Waals surface area contributed by atoms with Gasteiger partial charge in [0, 0.05) is 35.8 Å². The Hall–Kier alpha value is -3.03. The van der Waals surface area contributed by atoms with Crippen LogP contribution in [0.3, 0.4) is 0 Å². The van der Waals surface area contributed by atoms with Gasteiger partial charge in [-0.15, -0.1) is 10.2 Å².